The second-order valence-electron chi connectivity index (χ2n) is 4.63. The molecule has 5 nitrogen and oxygen atoms in total. The number of benzene rings is 1. The summed E-state index contributed by atoms with van der Waals surface area (Å²) in [6.45, 7) is 10.3. The summed E-state index contributed by atoms with van der Waals surface area (Å²) in [5, 5.41) is 2.84. The number of hydrogen-bond donors (Lipinski definition) is 1. The fourth-order valence-electron chi connectivity index (χ4n) is 2.16. The molecule has 0 saturated carbocycles. The number of urea groups is 1. The van der Waals surface area contributed by atoms with Gasteiger partial charge in [0.2, 0.25) is 0 Å². The molecule has 0 aliphatic heterocycles. The Hall–Kier alpha value is -2.04. The SMILES string of the molecule is CCN(CC)C(=O)Nc1ccccc1C(=O)N(CC)CC. The standard InChI is InChI=1S/C16H25N3O2/c1-5-18(6-2)15(20)13-11-9-10-12-14(13)17-16(21)19(7-3)8-4/h9-12H,5-8H2,1-4H3,(H,17,21). The van der Waals surface area contributed by atoms with Crippen molar-refractivity contribution in [3.63, 3.8) is 0 Å². The van der Waals surface area contributed by atoms with Gasteiger partial charge in [-0.1, -0.05) is 12.1 Å². The Morgan fingerprint density at radius 2 is 1.43 bits per heavy atom. The van der Waals surface area contributed by atoms with E-state index in [1.807, 2.05) is 39.8 Å². The van der Waals surface area contributed by atoms with E-state index < -0.39 is 0 Å². The molecule has 116 valence electrons. The maximum Gasteiger partial charge on any atom is 0.321 e. The average Bonchev–Trinajstić information content (AvgIpc) is 2.50. The number of nitrogens with one attached hydrogen (secondary N) is 1. The van der Waals surface area contributed by atoms with Crippen molar-refractivity contribution in [2.75, 3.05) is 31.5 Å². The Balaban J connectivity index is 2.99. The van der Waals surface area contributed by atoms with Gasteiger partial charge in [-0.05, 0) is 39.8 Å². The molecule has 1 N–H and O–H groups in total. The van der Waals surface area contributed by atoms with Gasteiger partial charge in [-0.15, -0.1) is 0 Å². The van der Waals surface area contributed by atoms with Gasteiger partial charge in [-0.2, -0.15) is 0 Å². The highest BCUT2D eigenvalue weighted by molar-refractivity contribution is 6.03. The molecule has 0 aromatic heterocycles. The zero-order chi connectivity index (χ0) is 15.8. The second kappa shape index (κ2) is 8.29. The molecule has 0 unspecified atom stereocenters. The van der Waals surface area contributed by atoms with Gasteiger partial charge in [0.05, 0.1) is 11.3 Å². The molecule has 0 spiro atoms. The highest BCUT2D eigenvalue weighted by Gasteiger charge is 2.18. The minimum Gasteiger partial charge on any atom is -0.339 e. The van der Waals surface area contributed by atoms with E-state index in [9.17, 15) is 9.59 Å². The van der Waals surface area contributed by atoms with E-state index in [2.05, 4.69) is 5.32 Å². The Labute approximate surface area is 126 Å². The molecule has 3 amide bonds. The maximum atomic E-state index is 12.5. The van der Waals surface area contributed by atoms with Gasteiger partial charge in [0, 0.05) is 26.2 Å². The highest BCUT2D eigenvalue weighted by atomic mass is 16.2. The van der Waals surface area contributed by atoms with Crippen LogP contribution in [0.25, 0.3) is 0 Å². The molecule has 0 bridgehead atoms. The quantitative estimate of drug-likeness (QED) is 0.876. The summed E-state index contributed by atoms with van der Waals surface area (Å²) in [5.41, 5.74) is 1.09. The van der Waals surface area contributed by atoms with Crippen LogP contribution >= 0.6 is 0 Å². The summed E-state index contributed by atoms with van der Waals surface area (Å²) < 4.78 is 0. The van der Waals surface area contributed by atoms with Gasteiger partial charge in [-0.25, -0.2) is 4.79 Å². The van der Waals surface area contributed by atoms with Crippen molar-refractivity contribution in [1.82, 2.24) is 9.80 Å². The average molecular weight is 291 g/mol. The molecule has 0 aliphatic carbocycles. The number of para-hydroxylation sites is 1. The number of nitrogens with zero attached hydrogens (tertiary/aromatic N) is 2. The third kappa shape index (κ3) is 4.21. The summed E-state index contributed by atoms with van der Waals surface area (Å²) in [6, 6.07) is 6.96. The van der Waals surface area contributed by atoms with E-state index in [4.69, 9.17) is 0 Å². The molecule has 0 radical (unpaired) electrons. The monoisotopic (exact) mass is 291 g/mol. The van der Waals surface area contributed by atoms with Gasteiger partial charge >= 0.3 is 6.03 Å². The molecule has 0 heterocycles. The zero-order valence-electron chi connectivity index (χ0n) is 13.3. The molecule has 0 fully saturated rings. The van der Waals surface area contributed by atoms with Gasteiger partial charge in [0.25, 0.3) is 5.91 Å². The van der Waals surface area contributed by atoms with Crippen molar-refractivity contribution in [3.8, 4) is 0 Å². The van der Waals surface area contributed by atoms with Crippen LogP contribution in [0.3, 0.4) is 0 Å². The van der Waals surface area contributed by atoms with E-state index in [0.717, 1.165) is 0 Å². The molecule has 21 heavy (non-hydrogen) atoms. The van der Waals surface area contributed by atoms with Crippen molar-refractivity contribution in [2.45, 2.75) is 27.7 Å². The molecule has 5 heteroatoms. The number of carbonyl (C=O) groups is 2. The number of hydrogen-bond acceptors (Lipinski definition) is 2. The van der Waals surface area contributed by atoms with Crippen LogP contribution in [0.4, 0.5) is 10.5 Å². The molecule has 1 aromatic carbocycles. The lowest BCUT2D eigenvalue weighted by Crippen LogP contribution is -2.36. The predicted octanol–water partition coefficient (Wildman–Crippen LogP) is 3.04. The minimum absolute atomic E-state index is 0.0598. The van der Waals surface area contributed by atoms with Gasteiger partial charge < -0.3 is 15.1 Å². The van der Waals surface area contributed by atoms with Crippen LogP contribution in [-0.2, 0) is 0 Å². The van der Waals surface area contributed by atoms with Gasteiger partial charge in [0.1, 0.15) is 0 Å². The normalized spacial score (nSPS) is 10.1. The van der Waals surface area contributed by atoms with Gasteiger partial charge in [0.15, 0.2) is 0 Å². The van der Waals surface area contributed by atoms with Crippen LogP contribution in [0, 0.1) is 0 Å². The molecule has 1 rings (SSSR count). The van der Waals surface area contributed by atoms with Crippen LogP contribution in [-0.4, -0.2) is 47.9 Å². The van der Waals surface area contributed by atoms with Gasteiger partial charge in [-0.3, -0.25) is 4.79 Å². The zero-order valence-corrected chi connectivity index (χ0v) is 13.3. The topological polar surface area (TPSA) is 52.7 Å². The molecular formula is C16H25N3O2. The van der Waals surface area contributed by atoms with Crippen molar-refractivity contribution in [2.24, 2.45) is 0 Å². The maximum absolute atomic E-state index is 12.5. The van der Waals surface area contributed by atoms with Crippen LogP contribution in [0.1, 0.15) is 38.1 Å². The lowest BCUT2D eigenvalue weighted by atomic mass is 10.1. The first-order chi connectivity index (χ1) is 10.1. The van der Waals surface area contributed by atoms with E-state index in [1.54, 1.807) is 21.9 Å². The smallest absolute Gasteiger partial charge is 0.321 e. The Kier molecular flexibility index (Phi) is 6.72. The summed E-state index contributed by atoms with van der Waals surface area (Å²) in [5.74, 6) is -0.0598. The molecule has 0 saturated heterocycles. The lowest BCUT2D eigenvalue weighted by molar-refractivity contribution is 0.0774. The predicted molar refractivity (Wildman–Crippen MR) is 85.6 cm³/mol. The third-order valence-corrected chi connectivity index (χ3v) is 3.50. The van der Waals surface area contributed by atoms with Crippen molar-refractivity contribution >= 4 is 17.6 Å². The highest BCUT2D eigenvalue weighted by Crippen LogP contribution is 2.18. The van der Waals surface area contributed by atoms with Crippen LogP contribution in [0.15, 0.2) is 24.3 Å². The molecular weight excluding hydrogens is 266 g/mol. The number of anilines is 1. The molecule has 0 atom stereocenters. The number of amides is 3. The van der Waals surface area contributed by atoms with Crippen molar-refractivity contribution in [3.05, 3.63) is 29.8 Å². The Bertz CT molecular complexity index is 480. The lowest BCUT2D eigenvalue weighted by Gasteiger charge is -2.23. The number of rotatable bonds is 6. The minimum atomic E-state index is -0.181. The van der Waals surface area contributed by atoms with Crippen molar-refractivity contribution in [1.29, 1.82) is 0 Å². The third-order valence-electron chi connectivity index (χ3n) is 3.50. The van der Waals surface area contributed by atoms with Crippen LogP contribution in [0.2, 0.25) is 0 Å². The van der Waals surface area contributed by atoms with E-state index in [1.165, 1.54) is 0 Å². The van der Waals surface area contributed by atoms with E-state index in [0.29, 0.717) is 37.4 Å². The molecule has 1 aromatic rings. The first kappa shape index (κ1) is 17.0. The fraction of sp³-hybridized carbons (Fsp3) is 0.500. The first-order valence-electron chi connectivity index (χ1n) is 7.53. The summed E-state index contributed by atoms with van der Waals surface area (Å²) in [7, 11) is 0. The fourth-order valence-corrected chi connectivity index (χ4v) is 2.16. The Morgan fingerprint density at radius 1 is 0.905 bits per heavy atom. The van der Waals surface area contributed by atoms with E-state index >= 15 is 0 Å². The van der Waals surface area contributed by atoms with Crippen LogP contribution < -0.4 is 5.32 Å². The van der Waals surface area contributed by atoms with Crippen molar-refractivity contribution < 1.29 is 9.59 Å². The van der Waals surface area contributed by atoms with Crippen LogP contribution in [0.5, 0.6) is 0 Å². The summed E-state index contributed by atoms with van der Waals surface area (Å²) >= 11 is 0. The largest absolute Gasteiger partial charge is 0.339 e. The number of carbonyl (C=O) groups excluding carboxylic acids is 2. The Morgan fingerprint density at radius 3 is 1.95 bits per heavy atom. The summed E-state index contributed by atoms with van der Waals surface area (Å²) in [4.78, 5) is 28.0. The second-order valence-corrected chi connectivity index (χ2v) is 4.63. The molecule has 0 aliphatic rings. The van der Waals surface area contributed by atoms with E-state index in [-0.39, 0.29) is 11.9 Å². The summed E-state index contributed by atoms with van der Waals surface area (Å²) in [6.07, 6.45) is 0. The first-order valence-corrected chi connectivity index (χ1v) is 7.53.